The zero-order valence-electron chi connectivity index (χ0n) is 11.6. The standard InChI is InChI=1S/C16H15ClN2O2/c1-10-6-11-4-2-3-5-14(11)19(9-10)15-7-12(16(20)21)13(17)8-18-15/h2-5,7-8,10H,6,9H2,1H3,(H,20,21). The van der Waals surface area contributed by atoms with Crippen molar-refractivity contribution in [2.24, 2.45) is 5.92 Å². The van der Waals surface area contributed by atoms with E-state index < -0.39 is 5.97 Å². The van der Waals surface area contributed by atoms with Crippen LogP contribution in [0.15, 0.2) is 36.5 Å². The van der Waals surface area contributed by atoms with Gasteiger partial charge in [0.05, 0.1) is 10.6 Å². The van der Waals surface area contributed by atoms with Crippen LogP contribution in [-0.4, -0.2) is 22.6 Å². The number of halogens is 1. The minimum atomic E-state index is -1.04. The molecular formula is C16H15ClN2O2. The molecule has 21 heavy (non-hydrogen) atoms. The van der Waals surface area contributed by atoms with Crippen molar-refractivity contribution >= 4 is 29.1 Å². The molecule has 1 aromatic heterocycles. The topological polar surface area (TPSA) is 53.4 Å². The molecule has 108 valence electrons. The van der Waals surface area contributed by atoms with Gasteiger partial charge in [0.1, 0.15) is 5.82 Å². The van der Waals surface area contributed by atoms with Gasteiger partial charge in [0.15, 0.2) is 0 Å². The van der Waals surface area contributed by atoms with Crippen LogP contribution < -0.4 is 4.90 Å². The molecule has 1 aromatic carbocycles. The van der Waals surface area contributed by atoms with Crippen LogP contribution in [0.2, 0.25) is 5.02 Å². The molecule has 2 aromatic rings. The van der Waals surface area contributed by atoms with Crippen molar-refractivity contribution in [2.45, 2.75) is 13.3 Å². The number of carboxylic acid groups (broad SMARTS) is 1. The molecule has 1 aliphatic rings. The first-order chi connectivity index (χ1) is 10.1. The average molecular weight is 303 g/mol. The number of hydrogen-bond acceptors (Lipinski definition) is 3. The summed E-state index contributed by atoms with van der Waals surface area (Å²) in [5, 5.41) is 9.36. The number of hydrogen-bond donors (Lipinski definition) is 1. The van der Waals surface area contributed by atoms with Gasteiger partial charge < -0.3 is 10.0 Å². The first-order valence-corrected chi connectivity index (χ1v) is 7.18. The quantitative estimate of drug-likeness (QED) is 0.917. The zero-order valence-corrected chi connectivity index (χ0v) is 12.3. The molecule has 1 N–H and O–H groups in total. The second-order valence-electron chi connectivity index (χ2n) is 5.38. The van der Waals surface area contributed by atoms with Gasteiger partial charge in [-0.05, 0) is 30.0 Å². The Kier molecular flexibility index (Phi) is 3.55. The fourth-order valence-electron chi connectivity index (χ4n) is 2.75. The predicted octanol–water partition coefficient (Wildman–Crippen LogP) is 3.76. The third-order valence-electron chi connectivity index (χ3n) is 3.69. The third kappa shape index (κ3) is 2.59. The van der Waals surface area contributed by atoms with Crippen LogP contribution in [0.1, 0.15) is 22.8 Å². The van der Waals surface area contributed by atoms with E-state index in [9.17, 15) is 9.90 Å². The molecule has 0 spiro atoms. The van der Waals surface area contributed by atoms with E-state index in [0.29, 0.717) is 11.7 Å². The first-order valence-electron chi connectivity index (χ1n) is 6.80. The number of rotatable bonds is 2. The summed E-state index contributed by atoms with van der Waals surface area (Å²) in [5.41, 5.74) is 2.42. The predicted molar refractivity (Wildman–Crippen MR) is 82.5 cm³/mol. The number of carboxylic acids is 1. The molecule has 1 atom stereocenters. The highest BCUT2D eigenvalue weighted by Crippen LogP contribution is 2.35. The molecule has 3 rings (SSSR count). The maximum absolute atomic E-state index is 11.2. The highest BCUT2D eigenvalue weighted by Gasteiger charge is 2.24. The molecule has 2 heterocycles. The number of pyridine rings is 1. The lowest BCUT2D eigenvalue weighted by molar-refractivity contribution is 0.0697. The van der Waals surface area contributed by atoms with Gasteiger partial charge in [-0.25, -0.2) is 9.78 Å². The molecule has 0 saturated carbocycles. The third-order valence-corrected chi connectivity index (χ3v) is 3.99. The Bertz CT molecular complexity index is 702. The van der Waals surface area contributed by atoms with Crippen molar-refractivity contribution < 1.29 is 9.90 Å². The maximum Gasteiger partial charge on any atom is 0.337 e. The lowest BCUT2D eigenvalue weighted by Crippen LogP contribution is -2.31. The Labute approximate surface area is 128 Å². The summed E-state index contributed by atoms with van der Waals surface area (Å²) in [4.78, 5) is 17.6. The molecule has 1 unspecified atom stereocenters. The monoisotopic (exact) mass is 302 g/mol. The number of fused-ring (bicyclic) bond motifs is 1. The van der Waals surface area contributed by atoms with Crippen LogP contribution in [0.5, 0.6) is 0 Å². The Morgan fingerprint density at radius 1 is 1.43 bits per heavy atom. The Morgan fingerprint density at radius 3 is 2.95 bits per heavy atom. The first kappa shape index (κ1) is 13.9. The van der Waals surface area contributed by atoms with Crippen LogP contribution in [0.25, 0.3) is 0 Å². The van der Waals surface area contributed by atoms with E-state index in [0.717, 1.165) is 18.7 Å². The summed E-state index contributed by atoms with van der Waals surface area (Å²) >= 11 is 5.90. The Balaban J connectivity index is 2.08. The minimum absolute atomic E-state index is 0.0809. The highest BCUT2D eigenvalue weighted by molar-refractivity contribution is 6.33. The molecule has 0 saturated heterocycles. The smallest absolute Gasteiger partial charge is 0.337 e. The van der Waals surface area contributed by atoms with Crippen molar-refractivity contribution in [3.8, 4) is 0 Å². The van der Waals surface area contributed by atoms with E-state index in [-0.39, 0.29) is 10.6 Å². The zero-order chi connectivity index (χ0) is 15.0. The normalized spacial score (nSPS) is 17.4. The van der Waals surface area contributed by atoms with Gasteiger partial charge in [-0.15, -0.1) is 0 Å². The highest BCUT2D eigenvalue weighted by atomic mass is 35.5. The molecule has 0 radical (unpaired) electrons. The van der Waals surface area contributed by atoms with Crippen molar-refractivity contribution in [1.82, 2.24) is 4.98 Å². The van der Waals surface area contributed by atoms with Crippen LogP contribution in [0.3, 0.4) is 0 Å². The van der Waals surface area contributed by atoms with Crippen molar-refractivity contribution in [1.29, 1.82) is 0 Å². The van der Waals surface area contributed by atoms with Crippen LogP contribution in [0.4, 0.5) is 11.5 Å². The van der Waals surface area contributed by atoms with E-state index in [1.165, 1.54) is 11.8 Å². The van der Waals surface area contributed by atoms with Gasteiger partial charge in [-0.3, -0.25) is 0 Å². The molecule has 4 nitrogen and oxygen atoms in total. The summed E-state index contributed by atoms with van der Waals surface area (Å²) in [5.74, 6) is 0.0587. The van der Waals surface area contributed by atoms with Gasteiger partial charge in [-0.2, -0.15) is 0 Å². The van der Waals surface area contributed by atoms with Gasteiger partial charge >= 0.3 is 5.97 Å². The number of para-hydroxylation sites is 1. The van der Waals surface area contributed by atoms with Crippen LogP contribution in [-0.2, 0) is 6.42 Å². The Hall–Kier alpha value is -2.07. The van der Waals surface area contributed by atoms with E-state index in [2.05, 4.69) is 22.9 Å². The summed E-state index contributed by atoms with van der Waals surface area (Å²) in [7, 11) is 0. The molecular weight excluding hydrogens is 288 g/mol. The molecule has 5 heteroatoms. The maximum atomic E-state index is 11.2. The van der Waals surface area contributed by atoms with E-state index in [4.69, 9.17) is 11.6 Å². The van der Waals surface area contributed by atoms with Crippen molar-refractivity contribution in [3.63, 3.8) is 0 Å². The summed E-state index contributed by atoms with van der Waals surface area (Å²) < 4.78 is 0. The van der Waals surface area contributed by atoms with Gasteiger partial charge in [0.2, 0.25) is 0 Å². The van der Waals surface area contributed by atoms with Gasteiger partial charge in [0.25, 0.3) is 0 Å². The lowest BCUT2D eigenvalue weighted by Gasteiger charge is -2.34. The average Bonchev–Trinajstić information content (AvgIpc) is 2.46. The summed E-state index contributed by atoms with van der Waals surface area (Å²) in [6, 6.07) is 9.69. The number of nitrogens with zero attached hydrogens (tertiary/aromatic N) is 2. The summed E-state index contributed by atoms with van der Waals surface area (Å²) in [6.45, 7) is 2.99. The number of benzene rings is 1. The number of anilines is 2. The summed E-state index contributed by atoms with van der Waals surface area (Å²) in [6.07, 6.45) is 2.42. The number of aromatic carboxylic acids is 1. The van der Waals surface area contributed by atoms with E-state index >= 15 is 0 Å². The molecule has 0 amide bonds. The van der Waals surface area contributed by atoms with Crippen LogP contribution in [0, 0.1) is 5.92 Å². The fourth-order valence-corrected chi connectivity index (χ4v) is 2.94. The second-order valence-corrected chi connectivity index (χ2v) is 5.78. The second kappa shape index (κ2) is 5.37. The van der Waals surface area contributed by atoms with Crippen molar-refractivity contribution in [2.75, 3.05) is 11.4 Å². The number of carbonyl (C=O) groups is 1. The molecule has 0 aliphatic carbocycles. The molecule has 0 bridgehead atoms. The van der Waals surface area contributed by atoms with E-state index in [1.807, 2.05) is 18.2 Å². The van der Waals surface area contributed by atoms with Crippen molar-refractivity contribution in [3.05, 3.63) is 52.7 Å². The van der Waals surface area contributed by atoms with Gasteiger partial charge in [-0.1, -0.05) is 36.7 Å². The SMILES string of the molecule is CC1Cc2ccccc2N(c2cc(C(=O)O)c(Cl)cn2)C1. The van der Waals surface area contributed by atoms with Gasteiger partial charge in [0, 0.05) is 18.4 Å². The van der Waals surface area contributed by atoms with Crippen LogP contribution >= 0.6 is 11.6 Å². The lowest BCUT2D eigenvalue weighted by atomic mass is 9.94. The van der Waals surface area contributed by atoms with E-state index in [1.54, 1.807) is 6.07 Å². The largest absolute Gasteiger partial charge is 0.478 e. The Morgan fingerprint density at radius 2 is 2.19 bits per heavy atom. The molecule has 0 fully saturated rings. The fraction of sp³-hybridized carbons (Fsp3) is 0.250. The molecule has 1 aliphatic heterocycles. The minimum Gasteiger partial charge on any atom is -0.478 e. The number of aromatic nitrogens is 1.